The van der Waals surface area contributed by atoms with Crippen molar-refractivity contribution in [1.82, 2.24) is 9.97 Å². The average Bonchev–Trinajstić information content (AvgIpc) is 1.98. The standard InChI is InChI=1S/C9H13Cl2N3O/c1-5(3-6(2)15)12-8-4-7(10)13-9(11)14-8/h4-6,15H,3H2,1-2H3,(H,12,13,14). The van der Waals surface area contributed by atoms with Gasteiger partial charge >= 0.3 is 0 Å². The van der Waals surface area contributed by atoms with E-state index in [4.69, 9.17) is 23.2 Å². The van der Waals surface area contributed by atoms with E-state index in [1.165, 1.54) is 0 Å². The number of aromatic nitrogens is 2. The SMILES string of the molecule is CC(O)CC(C)Nc1cc(Cl)nc(Cl)n1. The number of halogens is 2. The van der Waals surface area contributed by atoms with Crippen LogP contribution in [0.15, 0.2) is 6.07 Å². The molecule has 0 aromatic carbocycles. The van der Waals surface area contributed by atoms with Gasteiger partial charge in [0.2, 0.25) is 5.28 Å². The molecule has 0 amide bonds. The van der Waals surface area contributed by atoms with Crippen molar-refractivity contribution in [1.29, 1.82) is 0 Å². The Bertz CT molecular complexity index is 313. The number of aliphatic hydroxyl groups excluding tert-OH is 1. The summed E-state index contributed by atoms with van der Waals surface area (Å²) in [4.78, 5) is 7.69. The highest BCUT2D eigenvalue weighted by atomic mass is 35.5. The molecule has 1 aromatic heterocycles. The molecule has 4 nitrogen and oxygen atoms in total. The van der Waals surface area contributed by atoms with E-state index in [1.54, 1.807) is 13.0 Å². The zero-order valence-corrected chi connectivity index (χ0v) is 10.0. The van der Waals surface area contributed by atoms with E-state index in [1.807, 2.05) is 6.92 Å². The fourth-order valence-corrected chi connectivity index (χ4v) is 1.70. The summed E-state index contributed by atoms with van der Waals surface area (Å²) in [7, 11) is 0. The lowest BCUT2D eigenvalue weighted by Gasteiger charge is -2.15. The number of nitrogens with one attached hydrogen (secondary N) is 1. The van der Waals surface area contributed by atoms with Gasteiger partial charge in [0.05, 0.1) is 6.10 Å². The van der Waals surface area contributed by atoms with Gasteiger partial charge in [-0.15, -0.1) is 0 Å². The molecule has 15 heavy (non-hydrogen) atoms. The Morgan fingerprint density at radius 2 is 2.07 bits per heavy atom. The zero-order valence-electron chi connectivity index (χ0n) is 8.54. The summed E-state index contributed by atoms with van der Waals surface area (Å²) in [5.74, 6) is 0.563. The predicted octanol–water partition coefficient (Wildman–Crippen LogP) is 2.35. The molecule has 0 radical (unpaired) electrons. The molecule has 0 aliphatic carbocycles. The molecule has 6 heteroatoms. The van der Waals surface area contributed by atoms with Crippen LogP contribution in [-0.4, -0.2) is 27.2 Å². The van der Waals surface area contributed by atoms with E-state index in [0.717, 1.165) is 0 Å². The van der Waals surface area contributed by atoms with Gasteiger partial charge in [-0.2, -0.15) is 0 Å². The molecule has 2 N–H and O–H groups in total. The molecule has 0 aliphatic rings. The second kappa shape index (κ2) is 5.49. The first kappa shape index (κ1) is 12.5. The minimum atomic E-state index is -0.361. The first-order chi connectivity index (χ1) is 6.97. The molecule has 0 aliphatic heterocycles. The third-order valence-corrected chi connectivity index (χ3v) is 2.12. The van der Waals surface area contributed by atoms with Crippen molar-refractivity contribution in [2.24, 2.45) is 0 Å². The molecule has 0 saturated carbocycles. The van der Waals surface area contributed by atoms with Crippen molar-refractivity contribution < 1.29 is 5.11 Å². The van der Waals surface area contributed by atoms with Crippen molar-refractivity contribution in [3.05, 3.63) is 16.5 Å². The highest BCUT2D eigenvalue weighted by Crippen LogP contribution is 2.15. The van der Waals surface area contributed by atoms with Gasteiger partial charge in [0.15, 0.2) is 0 Å². The molecule has 1 aromatic rings. The van der Waals surface area contributed by atoms with Crippen molar-refractivity contribution >= 4 is 29.0 Å². The van der Waals surface area contributed by atoms with Crippen LogP contribution in [0.4, 0.5) is 5.82 Å². The van der Waals surface area contributed by atoms with Crippen LogP contribution < -0.4 is 5.32 Å². The summed E-state index contributed by atoms with van der Waals surface area (Å²) in [6, 6.07) is 1.68. The molecule has 2 unspecified atom stereocenters. The molecule has 1 heterocycles. The maximum atomic E-state index is 9.19. The van der Waals surface area contributed by atoms with Gasteiger partial charge in [-0.3, -0.25) is 0 Å². The second-order valence-electron chi connectivity index (χ2n) is 3.48. The first-order valence-electron chi connectivity index (χ1n) is 4.62. The largest absolute Gasteiger partial charge is 0.393 e. The van der Waals surface area contributed by atoms with Crippen LogP contribution in [0.2, 0.25) is 10.4 Å². The van der Waals surface area contributed by atoms with Crippen molar-refractivity contribution in [3.63, 3.8) is 0 Å². The molecular formula is C9H13Cl2N3O. The Hall–Kier alpha value is -0.580. The number of aliphatic hydroxyl groups is 1. The molecule has 84 valence electrons. The second-order valence-corrected chi connectivity index (χ2v) is 4.20. The van der Waals surface area contributed by atoms with E-state index in [-0.39, 0.29) is 17.4 Å². The van der Waals surface area contributed by atoms with Crippen LogP contribution in [0.5, 0.6) is 0 Å². The summed E-state index contributed by atoms with van der Waals surface area (Å²) in [6.07, 6.45) is 0.263. The topological polar surface area (TPSA) is 58.0 Å². The quantitative estimate of drug-likeness (QED) is 0.636. The molecule has 0 saturated heterocycles. The monoisotopic (exact) mass is 249 g/mol. The number of hydrogen-bond donors (Lipinski definition) is 2. The maximum Gasteiger partial charge on any atom is 0.225 e. The minimum absolute atomic E-state index is 0.0898. The smallest absolute Gasteiger partial charge is 0.225 e. The molecule has 0 bridgehead atoms. The van der Waals surface area contributed by atoms with Crippen LogP contribution in [0.25, 0.3) is 0 Å². The predicted molar refractivity (Wildman–Crippen MR) is 61.4 cm³/mol. The van der Waals surface area contributed by atoms with E-state index in [0.29, 0.717) is 17.4 Å². The fourth-order valence-electron chi connectivity index (χ4n) is 1.29. The van der Waals surface area contributed by atoms with Crippen molar-refractivity contribution in [2.45, 2.75) is 32.4 Å². The summed E-state index contributed by atoms with van der Waals surface area (Å²) in [5, 5.41) is 12.7. The van der Waals surface area contributed by atoms with Crippen LogP contribution in [0, 0.1) is 0 Å². The first-order valence-corrected chi connectivity index (χ1v) is 5.37. The number of rotatable bonds is 4. The molecule has 0 spiro atoms. The Balaban J connectivity index is 2.63. The highest BCUT2D eigenvalue weighted by molar-refractivity contribution is 6.32. The van der Waals surface area contributed by atoms with Gasteiger partial charge in [0, 0.05) is 12.1 Å². The Morgan fingerprint density at radius 1 is 1.40 bits per heavy atom. The van der Waals surface area contributed by atoms with Gasteiger partial charge < -0.3 is 10.4 Å². The molecule has 0 fully saturated rings. The van der Waals surface area contributed by atoms with E-state index < -0.39 is 0 Å². The zero-order chi connectivity index (χ0) is 11.4. The fraction of sp³-hybridized carbons (Fsp3) is 0.556. The van der Waals surface area contributed by atoms with Crippen LogP contribution in [0.3, 0.4) is 0 Å². The Kier molecular flexibility index (Phi) is 4.57. The molecule has 2 atom stereocenters. The average molecular weight is 250 g/mol. The Morgan fingerprint density at radius 3 is 2.60 bits per heavy atom. The number of anilines is 1. The van der Waals surface area contributed by atoms with Gasteiger partial charge in [-0.1, -0.05) is 11.6 Å². The van der Waals surface area contributed by atoms with E-state index in [2.05, 4.69) is 15.3 Å². The third-order valence-electron chi connectivity index (χ3n) is 1.76. The normalized spacial score (nSPS) is 14.7. The van der Waals surface area contributed by atoms with E-state index in [9.17, 15) is 5.11 Å². The minimum Gasteiger partial charge on any atom is -0.393 e. The summed E-state index contributed by atoms with van der Waals surface area (Å²) in [6.45, 7) is 3.68. The molecular weight excluding hydrogens is 237 g/mol. The van der Waals surface area contributed by atoms with E-state index >= 15 is 0 Å². The van der Waals surface area contributed by atoms with Crippen LogP contribution in [-0.2, 0) is 0 Å². The summed E-state index contributed by atoms with van der Waals surface area (Å²) < 4.78 is 0. The lowest BCUT2D eigenvalue weighted by molar-refractivity contribution is 0.179. The van der Waals surface area contributed by atoms with Gasteiger partial charge in [-0.05, 0) is 31.9 Å². The van der Waals surface area contributed by atoms with Gasteiger partial charge in [0.25, 0.3) is 0 Å². The van der Waals surface area contributed by atoms with Crippen LogP contribution >= 0.6 is 23.2 Å². The van der Waals surface area contributed by atoms with Crippen molar-refractivity contribution in [3.8, 4) is 0 Å². The maximum absolute atomic E-state index is 9.19. The highest BCUT2D eigenvalue weighted by Gasteiger charge is 2.08. The third kappa shape index (κ3) is 4.64. The van der Waals surface area contributed by atoms with Gasteiger partial charge in [-0.25, -0.2) is 9.97 Å². The van der Waals surface area contributed by atoms with Crippen LogP contribution in [0.1, 0.15) is 20.3 Å². The van der Waals surface area contributed by atoms with Crippen molar-refractivity contribution in [2.75, 3.05) is 5.32 Å². The van der Waals surface area contributed by atoms with Gasteiger partial charge in [0.1, 0.15) is 11.0 Å². The number of nitrogens with zero attached hydrogens (tertiary/aromatic N) is 2. The Labute approximate surface area is 98.6 Å². The molecule has 1 rings (SSSR count). The summed E-state index contributed by atoms with van der Waals surface area (Å²) >= 11 is 11.4. The summed E-state index contributed by atoms with van der Waals surface area (Å²) in [5.41, 5.74) is 0. The lowest BCUT2D eigenvalue weighted by atomic mass is 10.1. The lowest BCUT2D eigenvalue weighted by Crippen LogP contribution is -2.21. The number of hydrogen-bond acceptors (Lipinski definition) is 4.